The van der Waals surface area contributed by atoms with Crippen LogP contribution in [0.15, 0.2) is 10.6 Å². The normalized spacial score (nSPS) is 20.8. The maximum Gasteiger partial charge on any atom is 0.392 e. The highest BCUT2D eigenvalue weighted by molar-refractivity contribution is 7.91. The topological polar surface area (TPSA) is 97.5 Å². The molecule has 0 radical (unpaired) electrons. The molecule has 1 aromatic rings. The molecule has 1 aliphatic rings. The lowest BCUT2D eigenvalue weighted by atomic mass is 10.0. The van der Waals surface area contributed by atoms with E-state index in [1.807, 2.05) is 0 Å². The second-order valence-electron chi connectivity index (χ2n) is 3.80. The van der Waals surface area contributed by atoms with E-state index in [1.54, 1.807) is 0 Å². The molecule has 1 saturated heterocycles. The first-order chi connectivity index (χ1) is 7.48. The lowest BCUT2D eigenvalue weighted by Crippen LogP contribution is -2.21. The van der Waals surface area contributed by atoms with Gasteiger partial charge >= 0.3 is 11.9 Å². The van der Waals surface area contributed by atoms with Crippen molar-refractivity contribution in [2.75, 3.05) is 11.5 Å². The summed E-state index contributed by atoms with van der Waals surface area (Å²) in [5, 5.41) is 8.63. The lowest BCUT2D eigenvalue weighted by molar-refractivity contribution is 0.0650. The minimum atomic E-state index is -2.91. The molecule has 7 heteroatoms. The molecule has 16 heavy (non-hydrogen) atoms. The Bertz CT molecular complexity index is 490. The summed E-state index contributed by atoms with van der Waals surface area (Å²) in [6.07, 6.45) is 2.30. The number of hydrogen-bond donors (Lipinski definition) is 1. The molecular weight excluding hydrogens is 234 g/mol. The molecular formula is C9H11NO5S. The van der Waals surface area contributed by atoms with Crippen LogP contribution in [0.1, 0.15) is 35.2 Å². The van der Waals surface area contributed by atoms with Crippen LogP contribution in [0.3, 0.4) is 0 Å². The zero-order valence-corrected chi connectivity index (χ0v) is 9.24. The highest BCUT2D eigenvalue weighted by Crippen LogP contribution is 2.29. The Morgan fingerprint density at radius 2 is 2.06 bits per heavy atom. The minimum absolute atomic E-state index is 0.0378. The Hall–Kier alpha value is -1.37. The third-order valence-electron chi connectivity index (χ3n) is 2.66. The summed E-state index contributed by atoms with van der Waals surface area (Å²) in [6, 6.07) is 0. The number of rotatable bonds is 2. The standard InChI is InChI=1S/C9H11NO5S/c11-9(12)8-10-5-7(15-8)6-1-3-16(13,14)4-2-6/h5-6H,1-4H2,(H,11,12). The molecule has 0 aromatic carbocycles. The van der Waals surface area contributed by atoms with Gasteiger partial charge in [0.05, 0.1) is 17.7 Å². The Labute approximate surface area is 92.2 Å². The van der Waals surface area contributed by atoms with E-state index in [-0.39, 0.29) is 23.3 Å². The molecule has 0 aliphatic carbocycles. The number of aromatic nitrogens is 1. The van der Waals surface area contributed by atoms with Gasteiger partial charge in [-0.1, -0.05) is 0 Å². The molecule has 0 unspecified atom stereocenters. The second kappa shape index (κ2) is 3.89. The van der Waals surface area contributed by atoms with E-state index in [2.05, 4.69) is 4.98 Å². The van der Waals surface area contributed by atoms with E-state index in [9.17, 15) is 13.2 Å². The van der Waals surface area contributed by atoms with Gasteiger partial charge in [-0.25, -0.2) is 18.2 Å². The monoisotopic (exact) mass is 245 g/mol. The van der Waals surface area contributed by atoms with E-state index < -0.39 is 15.8 Å². The Morgan fingerprint density at radius 1 is 1.44 bits per heavy atom. The van der Waals surface area contributed by atoms with Crippen LogP contribution >= 0.6 is 0 Å². The number of oxazole rings is 1. The smallest absolute Gasteiger partial charge is 0.392 e. The van der Waals surface area contributed by atoms with Crippen molar-refractivity contribution in [3.05, 3.63) is 17.8 Å². The molecule has 0 amide bonds. The van der Waals surface area contributed by atoms with Crippen LogP contribution in [0.4, 0.5) is 0 Å². The first-order valence-corrected chi connectivity index (χ1v) is 6.69. The maximum atomic E-state index is 11.2. The molecule has 1 N–H and O–H groups in total. The van der Waals surface area contributed by atoms with E-state index in [0.717, 1.165) is 0 Å². The van der Waals surface area contributed by atoms with Crippen molar-refractivity contribution in [1.29, 1.82) is 0 Å². The van der Waals surface area contributed by atoms with Gasteiger partial charge < -0.3 is 9.52 Å². The number of hydrogen-bond acceptors (Lipinski definition) is 5. The van der Waals surface area contributed by atoms with Gasteiger partial charge in [0, 0.05) is 5.92 Å². The van der Waals surface area contributed by atoms with Gasteiger partial charge in [-0.2, -0.15) is 0 Å². The Morgan fingerprint density at radius 3 is 2.56 bits per heavy atom. The van der Waals surface area contributed by atoms with Crippen LogP contribution in [0, 0.1) is 0 Å². The SMILES string of the molecule is O=C(O)c1ncc(C2CCS(=O)(=O)CC2)o1. The third kappa shape index (κ3) is 2.24. The predicted molar refractivity (Wildman–Crippen MR) is 54.1 cm³/mol. The molecule has 88 valence electrons. The number of carboxylic acids is 1. The summed E-state index contributed by atoms with van der Waals surface area (Å²) in [4.78, 5) is 14.2. The van der Waals surface area contributed by atoms with Gasteiger partial charge in [-0.3, -0.25) is 0 Å². The van der Waals surface area contributed by atoms with Crippen LogP contribution in [0.2, 0.25) is 0 Å². The highest BCUT2D eigenvalue weighted by Gasteiger charge is 2.27. The number of nitrogens with zero attached hydrogens (tertiary/aromatic N) is 1. The van der Waals surface area contributed by atoms with Crippen LogP contribution in [0.5, 0.6) is 0 Å². The van der Waals surface area contributed by atoms with Gasteiger partial charge in [0.1, 0.15) is 15.6 Å². The first kappa shape index (κ1) is 11.1. The number of carbonyl (C=O) groups is 1. The minimum Gasteiger partial charge on any atom is -0.474 e. The average molecular weight is 245 g/mol. The van der Waals surface area contributed by atoms with Gasteiger partial charge in [0.15, 0.2) is 0 Å². The maximum absolute atomic E-state index is 11.2. The fourth-order valence-corrected chi connectivity index (χ4v) is 3.24. The second-order valence-corrected chi connectivity index (χ2v) is 6.10. The molecule has 0 spiro atoms. The van der Waals surface area contributed by atoms with Gasteiger partial charge in [-0.15, -0.1) is 0 Å². The van der Waals surface area contributed by atoms with E-state index in [0.29, 0.717) is 18.6 Å². The van der Waals surface area contributed by atoms with Crippen LogP contribution in [-0.2, 0) is 9.84 Å². The van der Waals surface area contributed by atoms with E-state index >= 15 is 0 Å². The molecule has 2 rings (SSSR count). The lowest BCUT2D eigenvalue weighted by Gasteiger charge is -2.19. The van der Waals surface area contributed by atoms with Crippen LogP contribution in [-0.4, -0.2) is 36.0 Å². The van der Waals surface area contributed by atoms with Crippen molar-refractivity contribution in [2.45, 2.75) is 18.8 Å². The quantitative estimate of drug-likeness (QED) is 0.822. The van der Waals surface area contributed by atoms with Crippen molar-refractivity contribution in [2.24, 2.45) is 0 Å². The molecule has 0 bridgehead atoms. The van der Waals surface area contributed by atoms with E-state index in [1.165, 1.54) is 6.20 Å². The third-order valence-corrected chi connectivity index (χ3v) is 4.38. The zero-order chi connectivity index (χ0) is 11.8. The number of carboxylic acid groups (broad SMARTS) is 1. The molecule has 1 aliphatic heterocycles. The van der Waals surface area contributed by atoms with Crippen molar-refractivity contribution in [3.63, 3.8) is 0 Å². The zero-order valence-electron chi connectivity index (χ0n) is 8.42. The first-order valence-electron chi connectivity index (χ1n) is 4.87. The van der Waals surface area contributed by atoms with Gasteiger partial charge in [-0.05, 0) is 12.8 Å². The van der Waals surface area contributed by atoms with Crippen molar-refractivity contribution in [1.82, 2.24) is 4.98 Å². The highest BCUT2D eigenvalue weighted by atomic mass is 32.2. The van der Waals surface area contributed by atoms with Crippen LogP contribution in [0.25, 0.3) is 0 Å². The molecule has 0 atom stereocenters. The van der Waals surface area contributed by atoms with Crippen molar-refractivity contribution in [3.8, 4) is 0 Å². The summed E-state index contributed by atoms with van der Waals surface area (Å²) >= 11 is 0. The van der Waals surface area contributed by atoms with Gasteiger partial charge in [0.25, 0.3) is 0 Å². The number of sulfone groups is 1. The Kier molecular flexibility index (Phi) is 2.71. The number of aromatic carboxylic acids is 1. The average Bonchev–Trinajstić information content (AvgIpc) is 2.66. The summed E-state index contributed by atoms with van der Waals surface area (Å²) in [5.41, 5.74) is 0. The molecule has 1 aromatic heterocycles. The molecule has 0 saturated carbocycles. The summed E-state index contributed by atoms with van der Waals surface area (Å²) in [5.74, 6) is -0.879. The van der Waals surface area contributed by atoms with E-state index in [4.69, 9.17) is 9.52 Å². The largest absolute Gasteiger partial charge is 0.474 e. The fourth-order valence-electron chi connectivity index (χ4n) is 1.75. The predicted octanol–water partition coefficient (Wildman–Crippen LogP) is 0.665. The summed E-state index contributed by atoms with van der Waals surface area (Å²) < 4.78 is 27.4. The van der Waals surface area contributed by atoms with Crippen molar-refractivity contribution < 1.29 is 22.7 Å². The van der Waals surface area contributed by atoms with Gasteiger partial charge in [0.2, 0.25) is 0 Å². The summed E-state index contributed by atoms with van der Waals surface area (Å²) in [6.45, 7) is 0. The molecule has 6 nitrogen and oxygen atoms in total. The fraction of sp³-hybridized carbons (Fsp3) is 0.556. The Balaban J connectivity index is 2.11. The molecule has 2 heterocycles. The van der Waals surface area contributed by atoms with Crippen molar-refractivity contribution >= 4 is 15.8 Å². The molecule has 1 fully saturated rings. The summed E-state index contributed by atoms with van der Waals surface area (Å²) in [7, 11) is -2.91. The van der Waals surface area contributed by atoms with Crippen LogP contribution < -0.4 is 0 Å².